The molecule has 4 heteroatoms. The van der Waals surface area contributed by atoms with Gasteiger partial charge in [-0.25, -0.2) is 0 Å². The van der Waals surface area contributed by atoms with E-state index >= 15 is 0 Å². The molecule has 0 fully saturated rings. The number of nitrogens with zero attached hydrogens (tertiary/aromatic N) is 1. The molecule has 1 rings (SSSR count). The first-order chi connectivity index (χ1) is 4.33. The Bertz CT molecular complexity index is 208. The van der Waals surface area contributed by atoms with E-state index in [1.54, 1.807) is 18.5 Å². The fraction of sp³-hybridized carbons (Fsp3) is 0. The van der Waals surface area contributed by atoms with Crippen molar-refractivity contribution < 1.29 is 4.79 Å². The minimum Gasteiger partial charge on any atom is -0.327 e. The van der Waals surface area contributed by atoms with Crippen molar-refractivity contribution in [1.82, 2.24) is 4.09 Å². The van der Waals surface area contributed by atoms with Crippen molar-refractivity contribution in [2.45, 2.75) is 0 Å². The van der Waals surface area contributed by atoms with Gasteiger partial charge in [0.05, 0.1) is 5.69 Å². The van der Waals surface area contributed by atoms with Crippen LogP contribution in [0.15, 0.2) is 18.5 Å². The summed E-state index contributed by atoms with van der Waals surface area (Å²) in [7, 11) is 0. The van der Waals surface area contributed by atoms with E-state index in [1.165, 1.54) is 4.09 Å². The Hall–Kier alpha value is -0.960. The van der Waals surface area contributed by atoms with Gasteiger partial charge in [-0.15, -0.1) is 0 Å². The normalized spacial score (nSPS) is 9.00. The highest BCUT2D eigenvalue weighted by Crippen LogP contribution is 2.06. The maximum atomic E-state index is 9.82. The van der Waals surface area contributed by atoms with E-state index < -0.39 is 0 Å². The van der Waals surface area contributed by atoms with Crippen LogP contribution in [0.5, 0.6) is 0 Å². The van der Waals surface area contributed by atoms with Crippen LogP contribution in [0, 0.1) is 0 Å². The van der Waals surface area contributed by atoms with Gasteiger partial charge < -0.3 is 5.32 Å². The van der Waals surface area contributed by atoms with Gasteiger partial charge in [0.15, 0.2) is 0 Å². The maximum absolute atomic E-state index is 9.82. The topological polar surface area (TPSA) is 34.0 Å². The van der Waals surface area contributed by atoms with E-state index in [1.807, 2.05) is 0 Å². The molecule has 1 N–H and O–H groups in total. The lowest BCUT2D eigenvalue weighted by Crippen LogP contribution is -1.90. The first-order valence-corrected chi connectivity index (χ1v) is 2.71. The van der Waals surface area contributed by atoms with Crippen molar-refractivity contribution in [3.05, 3.63) is 18.5 Å². The molecular formula is C5H5ClN2O. The SMILES string of the molecule is O=CNc1ccn(Cl)c1. The predicted molar refractivity (Wildman–Crippen MR) is 35.4 cm³/mol. The molecule has 1 heterocycles. The van der Waals surface area contributed by atoms with Crippen LogP contribution in [0.4, 0.5) is 5.69 Å². The average Bonchev–Trinajstić information content (AvgIpc) is 2.17. The van der Waals surface area contributed by atoms with E-state index in [9.17, 15) is 4.79 Å². The lowest BCUT2D eigenvalue weighted by Gasteiger charge is -1.86. The fourth-order valence-corrected chi connectivity index (χ4v) is 0.685. The standard InChI is InChI=1S/C5H5ClN2O/c6-8-2-1-5(3-8)7-4-9/h1-4H,(H,7,9). The Morgan fingerprint density at radius 3 is 3.00 bits per heavy atom. The van der Waals surface area contributed by atoms with Crippen LogP contribution in [-0.2, 0) is 4.79 Å². The van der Waals surface area contributed by atoms with E-state index in [-0.39, 0.29) is 0 Å². The van der Waals surface area contributed by atoms with E-state index in [0.717, 1.165) is 0 Å². The molecule has 48 valence electrons. The van der Waals surface area contributed by atoms with Crippen LogP contribution in [0.2, 0.25) is 0 Å². The third-order valence-electron chi connectivity index (χ3n) is 0.885. The summed E-state index contributed by atoms with van der Waals surface area (Å²) < 4.78 is 1.34. The number of carbonyl (C=O) groups is 1. The zero-order chi connectivity index (χ0) is 6.69. The van der Waals surface area contributed by atoms with Gasteiger partial charge in [0.1, 0.15) is 0 Å². The van der Waals surface area contributed by atoms with E-state index in [4.69, 9.17) is 11.8 Å². The molecule has 1 amide bonds. The predicted octanol–water partition coefficient (Wildman–Crippen LogP) is 1.06. The minimum atomic E-state index is 0.603. The van der Waals surface area contributed by atoms with Crippen LogP contribution in [0.1, 0.15) is 0 Å². The highest BCUT2D eigenvalue weighted by atomic mass is 35.5. The number of nitrogens with one attached hydrogen (secondary N) is 1. The molecule has 0 atom stereocenters. The minimum absolute atomic E-state index is 0.603. The van der Waals surface area contributed by atoms with Gasteiger partial charge in [-0.3, -0.25) is 8.88 Å². The molecule has 0 aliphatic heterocycles. The molecule has 0 unspecified atom stereocenters. The molecule has 0 aliphatic carbocycles. The van der Waals surface area contributed by atoms with Crippen molar-refractivity contribution >= 4 is 23.9 Å². The molecule has 0 bridgehead atoms. The number of amides is 1. The fourth-order valence-electron chi connectivity index (χ4n) is 0.524. The Balaban J connectivity index is 2.72. The Kier molecular flexibility index (Phi) is 1.75. The van der Waals surface area contributed by atoms with Gasteiger partial charge in [-0.1, -0.05) is 0 Å². The molecule has 0 radical (unpaired) electrons. The largest absolute Gasteiger partial charge is 0.327 e. The second-order valence-electron chi connectivity index (χ2n) is 1.51. The third kappa shape index (κ3) is 1.47. The number of carbonyl (C=O) groups excluding carboxylic acids is 1. The van der Waals surface area contributed by atoms with E-state index in [0.29, 0.717) is 12.1 Å². The van der Waals surface area contributed by atoms with Gasteiger partial charge in [-0.05, 0) is 6.07 Å². The summed E-state index contributed by atoms with van der Waals surface area (Å²) in [6.07, 6.45) is 3.83. The summed E-state index contributed by atoms with van der Waals surface area (Å²) in [4.78, 5) is 9.82. The van der Waals surface area contributed by atoms with Gasteiger partial charge >= 0.3 is 0 Å². The van der Waals surface area contributed by atoms with Gasteiger partial charge in [-0.2, -0.15) is 0 Å². The lowest BCUT2D eigenvalue weighted by molar-refractivity contribution is -0.105. The number of anilines is 1. The highest BCUT2D eigenvalue weighted by molar-refractivity contribution is 6.15. The van der Waals surface area contributed by atoms with Crippen molar-refractivity contribution in [2.75, 3.05) is 5.32 Å². The molecule has 3 nitrogen and oxygen atoms in total. The molecule has 1 aromatic rings. The molecule has 0 aliphatic rings. The van der Waals surface area contributed by atoms with Crippen molar-refractivity contribution in [2.24, 2.45) is 0 Å². The molecule has 0 saturated heterocycles. The number of aromatic nitrogens is 1. The van der Waals surface area contributed by atoms with Crippen molar-refractivity contribution in [3.8, 4) is 0 Å². The Labute approximate surface area is 57.3 Å². The number of hydrogen-bond donors (Lipinski definition) is 1. The third-order valence-corrected chi connectivity index (χ3v) is 1.09. The summed E-state index contributed by atoms with van der Waals surface area (Å²) in [5.74, 6) is 0. The highest BCUT2D eigenvalue weighted by Gasteiger charge is 1.89. The summed E-state index contributed by atoms with van der Waals surface area (Å²) in [5, 5.41) is 2.44. The van der Waals surface area contributed by atoms with Gasteiger partial charge in [0, 0.05) is 24.2 Å². The quantitative estimate of drug-likeness (QED) is 0.619. The number of rotatable bonds is 2. The van der Waals surface area contributed by atoms with Gasteiger partial charge in [0.2, 0.25) is 6.41 Å². The van der Waals surface area contributed by atoms with Crippen molar-refractivity contribution in [1.29, 1.82) is 0 Å². The molecule has 0 spiro atoms. The molecule has 0 saturated carbocycles. The maximum Gasteiger partial charge on any atom is 0.211 e. The smallest absolute Gasteiger partial charge is 0.211 e. The van der Waals surface area contributed by atoms with Crippen LogP contribution in [0.25, 0.3) is 0 Å². The second-order valence-corrected chi connectivity index (χ2v) is 1.90. The average molecular weight is 145 g/mol. The Morgan fingerprint density at radius 2 is 2.56 bits per heavy atom. The van der Waals surface area contributed by atoms with Crippen LogP contribution in [-0.4, -0.2) is 10.5 Å². The monoisotopic (exact) mass is 144 g/mol. The van der Waals surface area contributed by atoms with Crippen LogP contribution in [0.3, 0.4) is 0 Å². The first kappa shape index (κ1) is 6.16. The van der Waals surface area contributed by atoms with Crippen LogP contribution >= 0.6 is 11.8 Å². The molecule has 9 heavy (non-hydrogen) atoms. The zero-order valence-electron chi connectivity index (χ0n) is 4.54. The summed E-state index contributed by atoms with van der Waals surface area (Å²) in [6.45, 7) is 0. The summed E-state index contributed by atoms with van der Waals surface area (Å²) in [5.41, 5.74) is 0.694. The number of halogens is 1. The molecular weight excluding hydrogens is 140 g/mol. The van der Waals surface area contributed by atoms with E-state index in [2.05, 4.69) is 5.32 Å². The first-order valence-electron chi connectivity index (χ1n) is 2.37. The van der Waals surface area contributed by atoms with Crippen LogP contribution < -0.4 is 5.32 Å². The number of hydrogen-bond acceptors (Lipinski definition) is 1. The molecule has 0 aromatic carbocycles. The second kappa shape index (κ2) is 2.55. The molecule has 1 aromatic heterocycles. The van der Waals surface area contributed by atoms with Gasteiger partial charge in [0.25, 0.3) is 0 Å². The summed E-state index contributed by atoms with van der Waals surface area (Å²) >= 11 is 5.46. The zero-order valence-corrected chi connectivity index (χ0v) is 5.30. The lowest BCUT2D eigenvalue weighted by atomic mass is 10.5. The summed E-state index contributed by atoms with van der Waals surface area (Å²) in [6, 6.07) is 1.70. The van der Waals surface area contributed by atoms with Crippen molar-refractivity contribution in [3.63, 3.8) is 0 Å². The Morgan fingerprint density at radius 1 is 1.78 bits per heavy atom.